The zero-order valence-electron chi connectivity index (χ0n) is 7.52. The minimum absolute atomic E-state index is 0.277. The van der Waals surface area contributed by atoms with Crippen molar-refractivity contribution in [3.05, 3.63) is 34.3 Å². The number of alkyl halides is 2. The number of nitriles is 1. The molecule has 0 bridgehead atoms. The number of halogens is 3. The van der Waals surface area contributed by atoms with E-state index in [1.807, 2.05) is 19.1 Å². The molecule has 1 aromatic carbocycles. The molecule has 0 unspecified atom stereocenters. The van der Waals surface area contributed by atoms with Gasteiger partial charge in [0.15, 0.2) is 0 Å². The Balaban J connectivity index is 2.98. The van der Waals surface area contributed by atoms with Crippen LogP contribution in [-0.4, -0.2) is 4.33 Å². The van der Waals surface area contributed by atoms with Crippen LogP contribution in [0, 0.1) is 18.3 Å². The fourth-order valence-corrected chi connectivity index (χ4v) is 1.59. The zero-order valence-corrected chi connectivity index (χ0v) is 9.79. The molecule has 4 heteroatoms. The maximum Gasteiger partial charge on any atom is 0.207 e. The number of hydrogen-bond donors (Lipinski definition) is 0. The maximum absolute atomic E-state index is 8.67. The molecule has 1 rings (SSSR count). The lowest BCUT2D eigenvalue weighted by Crippen LogP contribution is -2.13. The van der Waals surface area contributed by atoms with E-state index in [4.69, 9.17) is 40.1 Å². The van der Waals surface area contributed by atoms with Gasteiger partial charge in [0, 0.05) is 11.4 Å². The van der Waals surface area contributed by atoms with Gasteiger partial charge in [-0.1, -0.05) is 40.9 Å². The highest BCUT2D eigenvalue weighted by Gasteiger charge is 2.24. The SMILES string of the molecule is Cc1ccc(Cl)cc1CC(Cl)(Cl)C#N. The van der Waals surface area contributed by atoms with Crippen molar-refractivity contribution < 1.29 is 0 Å². The standard InChI is InChI=1S/C10H8Cl3N/c1-7-2-3-9(11)4-8(7)5-10(12,13)6-14/h2-4H,5H2,1H3. The normalized spacial score (nSPS) is 11.1. The highest BCUT2D eigenvalue weighted by Crippen LogP contribution is 2.27. The van der Waals surface area contributed by atoms with Crippen molar-refractivity contribution >= 4 is 34.8 Å². The first-order valence-corrected chi connectivity index (χ1v) is 5.12. The smallest absolute Gasteiger partial charge is 0.195 e. The molecule has 74 valence electrons. The third-order valence-electron chi connectivity index (χ3n) is 1.89. The first-order valence-electron chi connectivity index (χ1n) is 3.99. The van der Waals surface area contributed by atoms with Crippen molar-refractivity contribution in [2.45, 2.75) is 17.7 Å². The van der Waals surface area contributed by atoms with Crippen LogP contribution in [0.5, 0.6) is 0 Å². The predicted molar refractivity (Wildman–Crippen MR) is 59.9 cm³/mol. The highest BCUT2D eigenvalue weighted by molar-refractivity contribution is 6.50. The minimum atomic E-state index is -1.38. The van der Waals surface area contributed by atoms with Gasteiger partial charge >= 0.3 is 0 Å². The van der Waals surface area contributed by atoms with Gasteiger partial charge in [0.1, 0.15) is 6.07 Å². The minimum Gasteiger partial charge on any atom is -0.195 e. The van der Waals surface area contributed by atoms with Crippen molar-refractivity contribution in [3.8, 4) is 6.07 Å². The lowest BCUT2D eigenvalue weighted by molar-refractivity contribution is 0.936. The molecule has 0 atom stereocenters. The lowest BCUT2D eigenvalue weighted by Gasteiger charge is -2.12. The molecule has 1 aromatic rings. The van der Waals surface area contributed by atoms with E-state index >= 15 is 0 Å². The van der Waals surface area contributed by atoms with E-state index in [1.54, 1.807) is 12.1 Å². The Morgan fingerprint density at radius 3 is 2.64 bits per heavy atom. The summed E-state index contributed by atoms with van der Waals surface area (Å²) in [5.41, 5.74) is 1.92. The van der Waals surface area contributed by atoms with Crippen LogP contribution >= 0.6 is 34.8 Å². The van der Waals surface area contributed by atoms with Gasteiger partial charge in [-0.3, -0.25) is 0 Å². The van der Waals surface area contributed by atoms with Crippen LogP contribution in [0.15, 0.2) is 18.2 Å². The highest BCUT2D eigenvalue weighted by atomic mass is 35.5. The van der Waals surface area contributed by atoms with E-state index in [-0.39, 0.29) is 6.42 Å². The van der Waals surface area contributed by atoms with E-state index in [0.717, 1.165) is 11.1 Å². The monoisotopic (exact) mass is 247 g/mol. The lowest BCUT2D eigenvalue weighted by atomic mass is 10.0. The molecule has 0 N–H and O–H groups in total. The molecule has 0 fully saturated rings. The van der Waals surface area contributed by atoms with Gasteiger partial charge in [0.25, 0.3) is 0 Å². The maximum atomic E-state index is 8.67. The molecule has 0 aromatic heterocycles. The van der Waals surface area contributed by atoms with Gasteiger partial charge in [-0.2, -0.15) is 5.26 Å². The molecule has 0 aliphatic heterocycles. The molecule has 0 aliphatic rings. The summed E-state index contributed by atoms with van der Waals surface area (Å²) >= 11 is 17.3. The third-order valence-corrected chi connectivity index (χ3v) is 2.56. The first-order chi connectivity index (χ1) is 6.44. The van der Waals surface area contributed by atoms with E-state index in [2.05, 4.69) is 0 Å². The van der Waals surface area contributed by atoms with Crippen molar-refractivity contribution in [1.29, 1.82) is 5.26 Å². The van der Waals surface area contributed by atoms with Gasteiger partial charge in [-0.25, -0.2) is 0 Å². The van der Waals surface area contributed by atoms with Gasteiger partial charge in [-0.05, 0) is 30.2 Å². The van der Waals surface area contributed by atoms with Gasteiger partial charge in [-0.15, -0.1) is 0 Å². The summed E-state index contributed by atoms with van der Waals surface area (Å²) in [5, 5.41) is 9.29. The molecule has 0 amide bonds. The molecule has 14 heavy (non-hydrogen) atoms. The van der Waals surface area contributed by atoms with Crippen molar-refractivity contribution in [1.82, 2.24) is 0 Å². The van der Waals surface area contributed by atoms with Crippen LogP contribution in [0.1, 0.15) is 11.1 Å². The van der Waals surface area contributed by atoms with Crippen LogP contribution in [-0.2, 0) is 6.42 Å². The fourth-order valence-electron chi connectivity index (χ4n) is 1.11. The molecule has 1 nitrogen and oxygen atoms in total. The Morgan fingerprint density at radius 2 is 2.07 bits per heavy atom. The van der Waals surface area contributed by atoms with Crippen LogP contribution in [0.2, 0.25) is 5.02 Å². The molecule has 0 radical (unpaired) electrons. The van der Waals surface area contributed by atoms with E-state index < -0.39 is 4.33 Å². The average molecular weight is 249 g/mol. The largest absolute Gasteiger partial charge is 0.207 e. The van der Waals surface area contributed by atoms with Crippen LogP contribution < -0.4 is 0 Å². The predicted octanol–water partition coefficient (Wildman–Crippen LogP) is 3.89. The second-order valence-corrected chi connectivity index (χ2v) is 4.98. The summed E-state index contributed by atoms with van der Waals surface area (Å²) in [5.74, 6) is 0. The number of hydrogen-bond acceptors (Lipinski definition) is 1. The second-order valence-electron chi connectivity index (χ2n) is 3.06. The molecule has 0 aliphatic carbocycles. The molecular weight excluding hydrogens is 240 g/mol. The second kappa shape index (κ2) is 4.40. The Hall–Kier alpha value is -0.420. The summed E-state index contributed by atoms with van der Waals surface area (Å²) in [7, 11) is 0. The van der Waals surface area contributed by atoms with Gasteiger partial charge in [0.05, 0.1) is 0 Å². The Morgan fingerprint density at radius 1 is 1.43 bits per heavy atom. The summed E-state index contributed by atoms with van der Waals surface area (Å²) in [4.78, 5) is 0. The van der Waals surface area contributed by atoms with Crippen LogP contribution in [0.4, 0.5) is 0 Å². The number of nitrogens with zero attached hydrogens (tertiary/aromatic N) is 1. The third kappa shape index (κ3) is 3.06. The topological polar surface area (TPSA) is 23.8 Å². The fraction of sp³-hybridized carbons (Fsp3) is 0.300. The van der Waals surface area contributed by atoms with Crippen molar-refractivity contribution in [2.24, 2.45) is 0 Å². The molecule has 0 spiro atoms. The van der Waals surface area contributed by atoms with Gasteiger partial charge < -0.3 is 0 Å². The molecular formula is C10H8Cl3N. The average Bonchev–Trinajstić information content (AvgIpc) is 2.11. The van der Waals surface area contributed by atoms with Crippen LogP contribution in [0.3, 0.4) is 0 Å². The van der Waals surface area contributed by atoms with Crippen molar-refractivity contribution in [3.63, 3.8) is 0 Å². The van der Waals surface area contributed by atoms with E-state index in [0.29, 0.717) is 5.02 Å². The Bertz CT molecular complexity index is 379. The molecule has 0 saturated carbocycles. The quantitative estimate of drug-likeness (QED) is 0.729. The van der Waals surface area contributed by atoms with E-state index in [9.17, 15) is 0 Å². The summed E-state index contributed by atoms with van der Waals surface area (Å²) in [6, 6.07) is 7.26. The first kappa shape index (κ1) is 11.7. The van der Waals surface area contributed by atoms with Gasteiger partial charge in [0.2, 0.25) is 4.33 Å². The number of rotatable bonds is 2. The summed E-state index contributed by atoms with van der Waals surface area (Å²) in [6.45, 7) is 1.92. The zero-order chi connectivity index (χ0) is 10.8. The molecule has 0 saturated heterocycles. The summed E-state index contributed by atoms with van der Waals surface area (Å²) < 4.78 is -1.38. The summed E-state index contributed by atoms with van der Waals surface area (Å²) in [6.07, 6.45) is 0.277. The van der Waals surface area contributed by atoms with Crippen molar-refractivity contribution in [2.75, 3.05) is 0 Å². The van der Waals surface area contributed by atoms with Crippen LogP contribution in [0.25, 0.3) is 0 Å². The number of aryl methyl sites for hydroxylation is 1. The van der Waals surface area contributed by atoms with E-state index in [1.165, 1.54) is 0 Å². The Kier molecular flexibility index (Phi) is 3.66. The number of benzene rings is 1. The molecule has 0 heterocycles. The Labute approximate surface area is 98.2 Å².